The van der Waals surface area contributed by atoms with Gasteiger partial charge in [-0.25, -0.2) is 0 Å². The van der Waals surface area contributed by atoms with Crippen molar-refractivity contribution in [1.29, 1.82) is 16.2 Å². The summed E-state index contributed by atoms with van der Waals surface area (Å²) in [4.78, 5) is 135. The number of carbonyl (C=O) groups is 12. The van der Waals surface area contributed by atoms with Crippen LogP contribution in [0, 0.1) is 28.1 Å². The molecule has 3 fully saturated rings. The molecule has 1 unspecified atom stereocenters. The highest BCUT2D eigenvalue weighted by Gasteiger charge is 2.31. The number of halogens is 3. The van der Waals surface area contributed by atoms with Gasteiger partial charge in [-0.2, -0.15) is 18.2 Å². The lowest BCUT2D eigenvalue weighted by Gasteiger charge is -2.06. The molecule has 2 saturated carbocycles. The van der Waals surface area contributed by atoms with Gasteiger partial charge in [-0.3, -0.25) is 94.7 Å². The lowest BCUT2D eigenvalue weighted by Crippen LogP contribution is -2.34. The number of oxime groups is 1. The highest BCUT2D eigenvalue weighted by molar-refractivity contribution is 8.13. The van der Waals surface area contributed by atoms with Crippen molar-refractivity contribution in [3.05, 3.63) is 0 Å². The molecule has 0 bridgehead atoms. The predicted molar refractivity (Wildman–Crippen MR) is 361 cm³/mol. The number of alkyl halides is 3. The predicted octanol–water partition coefficient (Wildman–Crippen LogP) is 3.67. The van der Waals surface area contributed by atoms with Crippen LogP contribution in [0.25, 0.3) is 0 Å². The molecule has 3 aliphatic rings. The molecule has 1 heterocycles. The Balaban J connectivity index is -0.000000146. The number of ketones is 2. The van der Waals surface area contributed by atoms with Gasteiger partial charge in [-0.15, -0.1) is 0 Å². The molecule has 14 N–H and O–H groups in total. The minimum Gasteiger partial charge on any atom is -0.476 e. The number of hydrogen-bond acceptors (Lipinski definition) is 24. The normalized spacial score (nSPS) is 12.7. The van der Waals surface area contributed by atoms with E-state index in [1.54, 1.807) is 26.4 Å². The van der Waals surface area contributed by atoms with Crippen molar-refractivity contribution in [2.75, 3.05) is 73.8 Å². The van der Waals surface area contributed by atoms with Crippen molar-refractivity contribution in [2.24, 2.45) is 32.7 Å². The Bertz CT molecular complexity index is 2300. The molecule has 0 aromatic rings. The van der Waals surface area contributed by atoms with Crippen LogP contribution >= 0.6 is 23.5 Å². The Hall–Kier alpha value is -8.29. The number of amidine groups is 3. The third-order valence-electron chi connectivity index (χ3n) is 8.86. The van der Waals surface area contributed by atoms with Gasteiger partial charge in [-0.1, -0.05) is 35.6 Å². The lowest BCUT2D eigenvalue weighted by molar-refractivity contribution is -0.152. The second-order valence-corrected chi connectivity index (χ2v) is 20.4. The number of nitrogens with two attached hydrogens (primary N) is 1. The number of methoxy groups -OCH3 is 2. The van der Waals surface area contributed by atoms with Crippen molar-refractivity contribution in [2.45, 2.75) is 173 Å². The summed E-state index contributed by atoms with van der Waals surface area (Å²) in [5.74, 6) is -1.03. The molecule has 1 aliphatic heterocycles. The number of guanidine groups is 1. The van der Waals surface area contributed by atoms with E-state index in [1.165, 1.54) is 114 Å². The van der Waals surface area contributed by atoms with Crippen molar-refractivity contribution in [3.8, 4) is 0 Å². The van der Waals surface area contributed by atoms with E-state index in [9.17, 15) is 70.7 Å². The Morgan fingerprint density at radius 3 is 1.46 bits per heavy atom. The molecule has 2 aliphatic carbocycles. The first-order valence-electron chi connectivity index (χ1n) is 29.2. The number of Topliss-reactive ketones (excluding diaryl/α,β-unsaturated/α-hetero) is 2. The number of nitrogens with one attached hydrogen (secondary N) is 12. The first kappa shape index (κ1) is 103. The average molecular weight is 1410 g/mol. The van der Waals surface area contributed by atoms with Crippen molar-refractivity contribution < 1.29 is 94.5 Å². The van der Waals surface area contributed by atoms with Gasteiger partial charge >= 0.3 is 6.18 Å². The fourth-order valence-electron chi connectivity index (χ4n) is 4.78. The van der Waals surface area contributed by atoms with E-state index in [0.717, 1.165) is 45.3 Å². The largest absolute Gasteiger partial charge is 0.476 e. The first-order valence-corrected chi connectivity index (χ1v) is 31.6. The molecule has 10 amide bonds. The molecule has 33 nitrogen and oxygen atoms in total. The maximum Gasteiger partial charge on any atom is 0.395 e. The maximum atomic E-state index is 11.4. The van der Waals surface area contributed by atoms with Gasteiger partial charge in [-0.05, 0) is 92.6 Å². The SMILES string of the molecule is CC(=O)NC1CCOC1.CC(C)NC(=O)C1CC1.CCCC(=O)CC(F)(F)F.CCNC(=O)C1CC1.CCO/N=C/NC(C)=O.CCOC(=N)NC(C)=O.CN=C(N)NC(C)=O.CNC(=O)CC(C)=O.COC(=N)NC(C)=O.COC(=NC(C)=O)SC.CSC(=N)NC(C)=O. The summed E-state index contributed by atoms with van der Waals surface area (Å²) in [5, 5.41) is 46.4. The Morgan fingerprint density at radius 1 is 0.695 bits per heavy atom. The van der Waals surface area contributed by atoms with Crippen molar-refractivity contribution in [1.82, 2.24) is 47.9 Å². The number of nitrogens with zero attached hydrogens (tertiary/aromatic N) is 3. The minimum atomic E-state index is -4.33. The number of amides is 10. The van der Waals surface area contributed by atoms with Crippen LogP contribution in [0.5, 0.6) is 0 Å². The van der Waals surface area contributed by atoms with Crippen LogP contribution in [0.2, 0.25) is 0 Å². The Morgan fingerprint density at radius 2 is 1.20 bits per heavy atom. The molecular formula is C57H107F3N16O17S2. The summed E-state index contributed by atoms with van der Waals surface area (Å²) in [5.41, 5.74) is 5.09. The highest BCUT2D eigenvalue weighted by Crippen LogP contribution is 2.29. The lowest BCUT2D eigenvalue weighted by atomic mass is 10.2. The van der Waals surface area contributed by atoms with Crippen LogP contribution in [-0.4, -0.2) is 197 Å². The van der Waals surface area contributed by atoms with Gasteiger partial charge in [0.25, 0.3) is 17.3 Å². The molecular weight excluding hydrogens is 1300 g/mol. The molecule has 3 rings (SSSR count). The van der Waals surface area contributed by atoms with E-state index < -0.39 is 18.4 Å². The number of ether oxygens (including phenoxy) is 4. The Kier molecular flexibility index (Phi) is 74.2. The topological polar surface area (TPSA) is 494 Å². The van der Waals surface area contributed by atoms with Gasteiger partial charge in [0, 0.05) is 100 Å². The van der Waals surface area contributed by atoms with Crippen LogP contribution in [0.1, 0.15) is 155 Å². The minimum absolute atomic E-state index is 0.00347. The smallest absolute Gasteiger partial charge is 0.395 e. The molecule has 95 heavy (non-hydrogen) atoms. The fraction of sp³-hybridized carbons (Fsp3) is 0.684. The van der Waals surface area contributed by atoms with E-state index in [-0.39, 0.29) is 107 Å². The van der Waals surface area contributed by atoms with Crippen LogP contribution in [0.3, 0.4) is 0 Å². The number of aliphatic imine (C=N–C) groups is 2. The molecule has 1 atom stereocenters. The molecule has 0 aromatic heterocycles. The molecule has 38 heteroatoms. The number of thioether (sulfide) groups is 2. The number of carbonyl (C=O) groups excluding carboxylic acids is 12. The maximum absolute atomic E-state index is 11.4. The van der Waals surface area contributed by atoms with Crippen LogP contribution in [-0.2, 0) is 81.3 Å². The molecule has 0 aromatic carbocycles. The number of rotatable bonds is 14. The van der Waals surface area contributed by atoms with Gasteiger partial charge < -0.3 is 61.4 Å². The van der Waals surface area contributed by atoms with Gasteiger partial charge in [0.1, 0.15) is 30.9 Å². The molecule has 550 valence electrons. The van der Waals surface area contributed by atoms with Gasteiger partial charge in [0.15, 0.2) is 11.1 Å². The highest BCUT2D eigenvalue weighted by atomic mass is 32.2. The van der Waals surface area contributed by atoms with Crippen molar-refractivity contribution >= 4 is 129 Å². The van der Waals surface area contributed by atoms with Crippen LogP contribution in [0.4, 0.5) is 13.2 Å². The third-order valence-corrected chi connectivity index (χ3v) is 9.98. The zero-order valence-electron chi connectivity index (χ0n) is 58.6. The average Bonchev–Trinajstić information content (AvgIpc) is 2.08. The second-order valence-electron chi connectivity index (χ2n) is 18.8. The number of hydrogen-bond donors (Lipinski definition) is 13. The monoisotopic (exact) mass is 1410 g/mol. The summed E-state index contributed by atoms with van der Waals surface area (Å²) < 4.78 is 52.9. The Labute approximate surface area is 564 Å². The zero-order valence-corrected chi connectivity index (χ0v) is 60.2. The van der Waals surface area contributed by atoms with E-state index in [0.29, 0.717) is 49.3 Å². The standard InChI is InChI=1S/C7H13NO.C6H9F3O.C6H11NO2.C6H11NO.2C5H10N2O2.C5H9NO2S.C5H9NO2.C4H9N3O.C4H8N2O2.C4H8N2OS/c1-5(2)8-7(9)6-3-4-6;1-2-3-5(10)4-6(7,8)9;1-5(8)7-6-2-3-9-4-6;1-2-7-6(8)5-3-4-5;1-3-9-7-4-6-5(2)8;1-3-9-5(6)7-4(2)8;1-4(7)6-5(8-2)9-3;1-4(7)3-5(8)6-2;1-3(8)7-4(5)6-2;2*1-3(7)6-4(5)8-2/h5-6H,3-4H2,1-2H3,(H,8,9);2-4H2,1H3;6H,2-4H2,1H3,(H,7,8);5H,2-4H2,1H3,(H,7,8);4H,3H2,1-2H3,(H,6,7,8);3H2,1-2H3,(H2,6,7,8);1-3H3;3H2,1-2H3,(H,6,8);1-2H3,(H3,5,6,7,8);2*1-2H3,(H2,5,6,7). The third kappa shape index (κ3) is 102. The second kappa shape index (κ2) is 68.6. The van der Waals surface area contributed by atoms with E-state index in [4.69, 9.17) is 31.4 Å². The van der Waals surface area contributed by atoms with E-state index >= 15 is 0 Å². The van der Waals surface area contributed by atoms with Crippen molar-refractivity contribution in [3.63, 3.8) is 0 Å². The van der Waals surface area contributed by atoms with E-state index in [2.05, 4.69) is 77.3 Å². The summed E-state index contributed by atoms with van der Waals surface area (Å²) >= 11 is 2.51. The first-order chi connectivity index (χ1) is 44.1. The van der Waals surface area contributed by atoms with Crippen LogP contribution < -0.4 is 53.6 Å². The van der Waals surface area contributed by atoms with E-state index in [1.807, 2.05) is 27.7 Å². The summed E-state index contributed by atoms with van der Waals surface area (Å²) in [6.07, 6.45) is 5.00. The molecule has 1 saturated heterocycles. The zero-order chi connectivity index (χ0) is 75.7. The molecule has 0 radical (unpaired) electrons. The van der Waals surface area contributed by atoms with Crippen LogP contribution in [0.15, 0.2) is 15.1 Å². The molecule has 0 spiro atoms. The summed E-state index contributed by atoms with van der Waals surface area (Å²) in [6.45, 7) is 25.4. The van der Waals surface area contributed by atoms with Gasteiger partial charge in [0.05, 0.1) is 39.9 Å². The van der Waals surface area contributed by atoms with Gasteiger partial charge in [0.2, 0.25) is 59.1 Å². The fourth-order valence-corrected chi connectivity index (χ4v) is 5.42. The quantitative estimate of drug-likeness (QED) is 0.0510. The summed E-state index contributed by atoms with van der Waals surface area (Å²) in [6, 6.07) is 0.156. The summed E-state index contributed by atoms with van der Waals surface area (Å²) in [7, 11) is 5.81.